The SMILES string of the molecule is CCCCCCCCCCCCCCCCCC[N+](C)(OCC)OCC.[Cl-]. The first kappa shape index (κ1) is 29.4. The van der Waals surface area contributed by atoms with Crippen LogP contribution in [0, 0.1) is 0 Å². The zero-order chi connectivity index (χ0) is 19.3. The van der Waals surface area contributed by atoms with E-state index in [0.717, 1.165) is 6.54 Å². The van der Waals surface area contributed by atoms with Crippen LogP contribution in [0.25, 0.3) is 0 Å². The maximum absolute atomic E-state index is 5.71. The van der Waals surface area contributed by atoms with Crippen molar-refractivity contribution in [3.63, 3.8) is 0 Å². The molecule has 0 bridgehead atoms. The fourth-order valence-corrected chi connectivity index (χ4v) is 3.66. The molecule has 0 unspecified atom stereocenters. The van der Waals surface area contributed by atoms with Gasteiger partial charge in [-0.2, -0.15) is 9.68 Å². The van der Waals surface area contributed by atoms with Crippen LogP contribution in [0.5, 0.6) is 0 Å². The fraction of sp³-hybridized carbons (Fsp3) is 1.00. The van der Waals surface area contributed by atoms with Crippen molar-refractivity contribution in [1.29, 1.82) is 0 Å². The molecule has 0 heterocycles. The maximum atomic E-state index is 5.71. The minimum absolute atomic E-state index is 0. The third kappa shape index (κ3) is 20.7. The van der Waals surface area contributed by atoms with E-state index in [4.69, 9.17) is 9.68 Å². The van der Waals surface area contributed by atoms with E-state index in [1.165, 1.54) is 103 Å². The second-order valence-electron chi connectivity index (χ2n) is 7.88. The lowest BCUT2D eigenvalue weighted by Crippen LogP contribution is -3.00. The summed E-state index contributed by atoms with van der Waals surface area (Å²) >= 11 is 0. The van der Waals surface area contributed by atoms with Crippen molar-refractivity contribution in [2.75, 3.05) is 26.8 Å². The Balaban J connectivity index is 0. The van der Waals surface area contributed by atoms with Crippen molar-refractivity contribution in [3.05, 3.63) is 0 Å². The highest BCUT2D eigenvalue weighted by molar-refractivity contribution is 4.49. The van der Waals surface area contributed by atoms with E-state index in [1.54, 1.807) is 0 Å². The predicted octanol–water partition coefficient (Wildman–Crippen LogP) is 4.60. The summed E-state index contributed by atoms with van der Waals surface area (Å²) in [5, 5.41) is 0. The van der Waals surface area contributed by atoms with E-state index in [-0.39, 0.29) is 12.4 Å². The lowest BCUT2D eigenvalue weighted by molar-refractivity contribution is -1.23. The Bertz CT molecular complexity index is 271. The number of hydrogen-bond donors (Lipinski definition) is 0. The summed E-state index contributed by atoms with van der Waals surface area (Å²) < 4.78 is 0. The molecule has 0 N–H and O–H groups in total. The van der Waals surface area contributed by atoms with Gasteiger partial charge >= 0.3 is 0 Å². The van der Waals surface area contributed by atoms with Gasteiger partial charge in [0.2, 0.25) is 0 Å². The lowest BCUT2D eigenvalue weighted by atomic mass is 10.0. The Morgan fingerprint density at radius 2 is 0.778 bits per heavy atom. The first-order valence-corrected chi connectivity index (χ1v) is 11.8. The van der Waals surface area contributed by atoms with Crippen molar-refractivity contribution >= 4 is 0 Å². The average molecular weight is 408 g/mol. The first-order chi connectivity index (χ1) is 12.7. The molecule has 0 saturated heterocycles. The van der Waals surface area contributed by atoms with Crippen LogP contribution in [0.3, 0.4) is 0 Å². The summed E-state index contributed by atoms with van der Waals surface area (Å²) in [6, 6.07) is 0. The molecule has 0 spiro atoms. The molecule has 0 aliphatic rings. The number of halogens is 1. The predicted molar refractivity (Wildman–Crippen MR) is 114 cm³/mol. The molecule has 27 heavy (non-hydrogen) atoms. The van der Waals surface area contributed by atoms with Crippen LogP contribution in [-0.4, -0.2) is 31.6 Å². The van der Waals surface area contributed by atoms with Crippen LogP contribution in [0.1, 0.15) is 124 Å². The third-order valence-electron chi connectivity index (χ3n) is 5.22. The summed E-state index contributed by atoms with van der Waals surface area (Å²) in [5.74, 6) is 0. The molecule has 0 atom stereocenters. The quantitative estimate of drug-likeness (QED) is 0.157. The molecule has 0 aromatic rings. The summed E-state index contributed by atoms with van der Waals surface area (Å²) in [6.07, 6.45) is 22.5. The number of rotatable bonds is 21. The van der Waals surface area contributed by atoms with Crippen molar-refractivity contribution in [1.82, 2.24) is 0 Å². The molecule has 0 aromatic carbocycles. The molecule has 0 saturated carbocycles. The van der Waals surface area contributed by atoms with Crippen molar-refractivity contribution in [3.8, 4) is 0 Å². The summed E-state index contributed by atoms with van der Waals surface area (Å²) in [7, 11) is 2.03. The molecule has 4 heteroatoms. The summed E-state index contributed by atoms with van der Waals surface area (Å²) in [4.78, 5) is 11.7. The minimum Gasteiger partial charge on any atom is -1.00 e. The molecular formula is C23H50ClNO2. The molecular weight excluding hydrogens is 358 g/mol. The number of hydrogen-bond acceptors (Lipinski definition) is 2. The molecule has 0 aliphatic heterocycles. The number of unbranched alkanes of at least 4 members (excludes halogenated alkanes) is 15. The van der Waals surface area contributed by atoms with Crippen LogP contribution in [0.2, 0.25) is 0 Å². The normalized spacial score (nSPS) is 11.6. The van der Waals surface area contributed by atoms with Gasteiger partial charge in [0.15, 0.2) is 0 Å². The van der Waals surface area contributed by atoms with Gasteiger partial charge in [-0.05, 0) is 25.1 Å². The van der Waals surface area contributed by atoms with Gasteiger partial charge in [0.25, 0.3) is 0 Å². The van der Waals surface area contributed by atoms with Crippen molar-refractivity contribution in [2.45, 2.75) is 124 Å². The van der Waals surface area contributed by atoms with E-state index in [0.29, 0.717) is 18.0 Å². The van der Waals surface area contributed by atoms with Crippen LogP contribution in [0.15, 0.2) is 0 Å². The molecule has 0 fully saturated rings. The van der Waals surface area contributed by atoms with E-state index in [9.17, 15) is 0 Å². The molecule has 0 aromatic heterocycles. The summed E-state index contributed by atoms with van der Waals surface area (Å²) in [5.41, 5.74) is 0. The highest BCUT2D eigenvalue weighted by Crippen LogP contribution is 2.15. The zero-order valence-electron chi connectivity index (χ0n) is 19.1. The van der Waals surface area contributed by atoms with E-state index < -0.39 is 0 Å². The van der Waals surface area contributed by atoms with Gasteiger partial charge < -0.3 is 12.4 Å². The molecule has 0 amide bonds. The largest absolute Gasteiger partial charge is 1.00 e. The third-order valence-corrected chi connectivity index (χ3v) is 5.22. The van der Waals surface area contributed by atoms with Gasteiger partial charge in [0.1, 0.15) is 26.8 Å². The number of hydroxylamine groups is 4. The molecule has 0 rings (SSSR count). The van der Waals surface area contributed by atoms with Crippen LogP contribution in [-0.2, 0) is 9.68 Å². The second kappa shape index (κ2) is 22.5. The Hall–Kier alpha value is 0.170. The zero-order valence-corrected chi connectivity index (χ0v) is 19.8. The topological polar surface area (TPSA) is 18.5 Å². The molecule has 3 nitrogen and oxygen atoms in total. The average Bonchev–Trinajstić information content (AvgIpc) is 2.62. The minimum atomic E-state index is 0. The van der Waals surface area contributed by atoms with Crippen molar-refractivity contribution in [2.24, 2.45) is 0 Å². The number of nitrogens with zero attached hydrogens (tertiary/aromatic N) is 1. The molecule has 0 aliphatic carbocycles. The van der Waals surface area contributed by atoms with E-state index in [1.807, 2.05) is 20.9 Å². The Kier molecular flexibility index (Phi) is 24.4. The van der Waals surface area contributed by atoms with Crippen LogP contribution in [0.4, 0.5) is 0 Å². The lowest BCUT2D eigenvalue weighted by Gasteiger charge is -2.27. The van der Waals surface area contributed by atoms with Gasteiger partial charge in [0.05, 0.1) is 0 Å². The van der Waals surface area contributed by atoms with Crippen molar-refractivity contribution < 1.29 is 26.9 Å². The highest BCUT2D eigenvalue weighted by Gasteiger charge is 2.23. The van der Waals surface area contributed by atoms with Gasteiger partial charge in [0, 0.05) is 6.42 Å². The molecule has 166 valence electrons. The maximum Gasteiger partial charge on any atom is 0.142 e. The highest BCUT2D eigenvalue weighted by atomic mass is 35.5. The van der Waals surface area contributed by atoms with E-state index >= 15 is 0 Å². The standard InChI is InChI=1S/C23H50NO2.ClH/c1-5-8-9-10-11-12-13-14-15-16-17-18-19-20-21-22-23-24(4,25-6-2)26-7-3;/h5-23H2,1-4H3;1H/q+1;/p-1. The Labute approximate surface area is 177 Å². The Morgan fingerprint density at radius 1 is 0.481 bits per heavy atom. The second-order valence-corrected chi connectivity index (χ2v) is 7.88. The fourth-order valence-electron chi connectivity index (χ4n) is 3.66. The smallest absolute Gasteiger partial charge is 0.142 e. The Morgan fingerprint density at radius 3 is 1.07 bits per heavy atom. The van der Waals surface area contributed by atoms with Gasteiger partial charge in [-0.25, -0.2) is 0 Å². The molecule has 0 radical (unpaired) electrons. The van der Waals surface area contributed by atoms with Crippen LogP contribution >= 0.6 is 0 Å². The van der Waals surface area contributed by atoms with Crippen LogP contribution < -0.4 is 12.4 Å². The first-order valence-electron chi connectivity index (χ1n) is 11.8. The van der Waals surface area contributed by atoms with Gasteiger partial charge in [-0.3, -0.25) is 0 Å². The summed E-state index contributed by atoms with van der Waals surface area (Å²) in [6.45, 7) is 8.72. The van der Waals surface area contributed by atoms with Gasteiger partial charge in [-0.15, -0.1) is 0 Å². The van der Waals surface area contributed by atoms with Gasteiger partial charge in [-0.1, -0.05) is 96.8 Å². The van der Waals surface area contributed by atoms with E-state index in [2.05, 4.69) is 6.92 Å². The monoisotopic (exact) mass is 407 g/mol. The number of quaternary nitrogens is 1.